The van der Waals surface area contributed by atoms with E-state index < -0.39 is 0 Å². The van der Waals surface area contributed by atoms with Crippen molar-refractivity contribution in [2.24, 2.45) is 5.41 Å². The first-order valence-electron chi connectivity index (χ1n) is 11.1. The van der Waals surface area contributed by atoms with E-state index in [9.17, 15) is 10.4 Å². The van der Waals surface area contributed by atoms with Gasteiger partial charge in [-0.1, -0.05) is 12.1 Å². The summed E-state index contributed by atoms with van der Waals surface area (Å²) >= 11 is 0. The number of phenolic OH excluding ortho intramolecular Hbond substituents is 1. The van der Waals surface area contributed by atoms with Crippen LogP contribution in [-0.4, -0.2) is 65.0 Å². The van der Waals surface area contributed by atoms with Gasteiger partial charge in [-0.3, -0.25) is 4.90 Å². The minimum atomic E-state index is -0.233. The number of aromatic hydroxyl groups is 1. The predicted molar refractivity (Wildman–Crippen MR) is 119 cm³/mol. The summed E-state index contributed by atoms with van der Waals surface area (Å²) in [4.78, 5) is 4.90. The molecule has 3 saturated heterocycles. The lowest BCUT2D eigenvalue weighted by atomic mass is 9.79. The maximum atomic E-state index is 10.2. The van der Waals surface area contributed by atoms with Crippen molar-refractivity contribution in [2.75, 3.05) is 43.4 Å². The van der Waals surface area contributed by atoms with Gasteiger partial charge in [-0.15, -0.1) is 10.2 Å². The van der Waals surface area contributed by atoms with Crippen molar-refractivity contribution in [3.05, 3.63) is 30.3 Å². The molecule has 31 heavy (non-hydrogen) atoms. The molecule has 8 heteroatoms. The molecule has 3 aliphatic heterocycles. The van der Waals surface area contributed by atoms with Gasteiger partial charge in [0.1, 0.15) is 5.75 Å². The van der Waals surface area contributed by atoms with Crippen LogP contribution < -0.4 is 16.0 Å². The van der Waals surface area contributed by atoms with Gasteiger partial charge in [0.05, 0.1) is 22.9 Å². The van der Waals surface area contributed by atoms with E-state index in [1.54, 1.807) is 12.1 Å². The van der Waals surface area contributed by atoms with Crippen LogP contribution in [0, 0.1) is 16.7 Å². The van der Waals surface area contributed by atoms with E-state index in [-0.39, 0.29) is 11.2 Å². The molecule has 0 aliphatic carbocycles. The number of nitrogens with two attached hydrogens (primary N) is 1. The molecule has 4 heterocycles. The Kier molecular flexibility index (Phi) is 5.16. The average molecular weight is 420 g/mol. The molecule has 3 aliphatic rings. The van der Waals surface area contributed by atoms with E-state index in [1.807, 2.05) is 18.2 Å². The van der Waals surface area contributed by atoms with E-state index in [1.165, 1.54) is 0 Å². The first-order valence-corrected chi connectivity index (χ1v) is 11.1. The highest BCUT2D eigenvalue weighted by atomic mass is 16.3. The zero-order valence-corrected chi connectivity index (χ0v) is 17.7. The van der Waals surface area contributed by atoms with Gasteiger partial charge in [-0.2, -0.15) is 5.26 Å². The van der Waals surface area contributed by atoms with Crippen LogP contribution in [0.25, 0.3) is 11.3 Å². The Morgan fingerprint density at radius 3 is 2.55 bits per heavy atom. The van der Waals surface area contributed by atoms with E-state index >= 15 is 0 Å². The molecule has 2 unspecified atom stereocenters. The molecule has 1 aromatic carbocycles. The number of nitriles is 1. The average Bonchev–Trinajstić information content (AvgIpc) is 3.01. The molecule has 0 radical (unpaired) electrons. The molecule has 4 N–H and O–H groups in total. The number of fused-ring (bicyclic) bond motifs is 2. The maximum absolute atomic E-state index is 10.2. The second-order valence-corrected chi connectivity index (χ2v) is 9.12. The van der Waals surface area contributed by atoms with Gasteiger partial charge in [0.15, 0.2) is 5.82 Å². The Morgan fingerprint density at radius 1 is 1.16 bits per heavy atom. The number of benzene rings is 1. The third-order valence-corrected chi connectivity index (χ3v) is 7.24. The van der Waals surface area contributed by atoms with Crippen LogP contribution in [-0.2, 0) is 0 Å². The Morgan fingerprint density at radius 2 is 1.87 bits per heavy atom. The van der Waals surface area contributed by atoms with Crippen molar-refractivity contribution in [3.63, 3.8) is 0 Å². The van der Waals surface area contributed by atoms with E-state index in [0.29, 0.717) is 29.2 Å². The number of rotatable bonds is 4. The van der Waals surface area contributed by atoms with Crippen LogP contribution >= 0.6 is 0 Å². The fourth-order valence-corrected chi connectivity index (χ4v) is 5.47. The summed E-state index contributed by atoms with van der Waals surface area (Å²) in [6.45, 7) is 4.45. The molecule has 1 aromatic heterocycles. The van der Waals surface area contributed by atoms with Crippen LogP contribution in [0.3, 0.4) is 0 Å². The summed E-state index contributed by atoms with van der Waals surface area (Å²) in [5, 5.41) is 31.9. The van der Waals surface area contributed by atoms with Gasteiger partial charge in [0.25, 0.3) is 0 Å². The predicted octanol–water partition coefficient (Wildman–Crippen LogP) is 1.98. The minimum Gasteiger partial charge on any atom is -0.507 e. The maximum Gasteiger partial charge on any atom is 0.169 e. The quantitative estimate of drug-likeness (QED) is 0.689. The number of piperidine rings is 1. The van der Waals surface area contributed by atoms with Gasteiger partial charge in [-0.05, 0) is 57.0 Å². The van der Waals surface area contributed by atoms with Crippen molar-refractivity contribution >= 4 is 11.5 Å². The molecule has 2 atom stereocenters. The van der Waals surface area contributed by atoms with Gasteiger partial charge < -0.3 is 21.1 Å². The van der Waals surface area contributed by atoms with Crippen LogP contribution in [0.4, 0.5) is 11.5 Å². The molecule has 0 amide bonds. The van der Waals surface area contributed by atoms with Gasteiger partial charge in [0, 0.05) is 37.3 Å². The number of phenols is 1. The number of anilines is 2. The topological polar surface area (TPSA) is 114 Å². The molecular formula is C23H29N7O. The number of hydrogen-bond acceptors (Lipinski definition) is 8. The molecule has 2 bridgehead atoms. The van der Waals surface area contributed by atoms with E-state index in [0.717, 1.165) is 64.1 Å². The van der Waals surface area contributed by atoms with Gasteiger partial charge in [-0.25, -0.2) is 0 Å². The Labute approximate surface area is 182 Å². The fourth-order valence-electron chi connectivity index (χ4n) is 5.47. The smallest absolute Gasteiger partial charge is 0.169 e. The highest BCUT2D eigenvalue weighted by Crippen LogP contribution is 2.39. The van der Waals surface area contributed by atoms with Crippen molar-refractivity contribution in [3.8, 4) is 23.1 Å². The third kappa shape index (κ3) is 3.68. The summed E-state index contributed by atoms with van der Waals surface area (Å²) in [5.74, 6) is 0.597. The number of hydrogen-bond donors (Lipinski definition) is 3. The van der Waals surface area contributed by atoms with Crippen molar-refractivity contribution < 1.29 is 5.11 Å². The lowest BCUT2D eigenvalue weighted by molar-refractivity contribution is 0.100. The molecule has 2 aromatic rings. The normalized spacial score (nSPS) is 25.3. The SMILES string of the molecule is N#CC1(CN2C3CCC2CN(c2cc(-c4ccccc4O)nnc2N)C3)CCNCC1. The highest BCUT2D eigenvalue weighted by molar-refractivity contribution is 5.74. The first kappa shape index (κ1) is 20.0. The standard InChI is InChI=1S/C23H29N7O/c24-14-23(7-9-26-10-8-23)15-30-16-5-6-17(30)13-29(12-16)20-11-19(27-28-22(20)25)18-3-1-2-4-21(18)31/h1-4,11,16-17,26,31H,5-10,12-13,15H2,(H2,25,28). The largest absolute Gasteiger partial charge is 0.507 e. The molecule has 0 spiro atoms. The summed E-state index contributed by atoms with van der Waals surface area (Å²) in [6.07, 6.45) is 4.14. The number of piperazine rings is 1. The van der Waals surface area contributed by atoms with Crippen molar-refractivity contribution in [2.45, 2.75) is 37.8 Å². The summed E-state index contributed by atoms with van der Waals surface area (Å²) in [6, 6.07) is 12.6. The molecule has 0 saturated carbocycles. The van der Waals surface area contributed by atoms with Crippen LogP contribution in [0.1, 0.15) is 25.7 Å². The van der Waals surface area contributed by atoms with E-state index in [4.69, 9.17) is 5.73 Å². The number of aromatic nitrogens is 2. The van der Waals surface area contributed by atoms with Gasteiger partial charge >= 0.3 is 0 Å². The first-order chi connectivity index (χ1) is 15.1. The Hall–Kier alpha value is -2.89. The molecule has 162 valence electrons. The van der Waals surface area contributed by atoms with E-state index in [2.05, 4.69) is 31.4 Å². The molecule has 8 nitrogen and oxygen atoms in total. The summed E-state index contributed by atoms with van der Waals surface area (Å²) in [5.41, 5.74) is 8.15. The van der Waals surface area contributed by atoms with Crippen molar-refractivity contribution in [1.29, 1.82) is 5.26 Å². The number of nitrogen functional groups attached to an aromatic ring is 1. The molecule has 3 fully saturated rings. The summed E-state index contributed by atoms with van der Waals surface area (Å²) in [7, 11) is 0. The zero-order chi connectivity index (χ0) is 21.4. The third-order valence-electron chi connectivity index (χ3n) is 7.24. The second kappa shape index (κ2) is 7.98. The second-order valence-electron chi connectivity index (χ2n) is 9.12. The monoisotopic (exact) mass is 419 g/mol. The van der Waals surface area contributed by atoms with Crippen molar-refractivity contribution in [1.82, 2.24) is 20.4 Å². The Balaban J connectivity index is 1.37. The fraction of sp³-hybridized carbons (Fsp3) is 0.522. The lowest BCUT2D eigenvalue weighted by Gasteiger charge is -2.45. The van der Waals surface area contributed by atoms with Crippen LogP contribution in [0.2, 0.25) is 0 Å². The summed E-state index contributed by atoms with van der Waals surface area (Å²) < 4.78 is 0. The van der Waals surface area contributed by atoms with Gasteiger partial charge in [0.2, 0.25) is 0 Å². The zero-order valence-electron chi connectivity index (χ0n) is 17.7. The van der Waals surface area contributed by atoms with Crippen LogP contribution in [0.15, 0.2) is 30.3 Å². The number of nitrogens with one attached hydrogen (secondary N) is 1. The molecular weight excluding hydrogens is 390 g/mol. The lowest BCUT2D eigenvalue weighted by Crippen LogP contribution is -2.57. The minimum absolute atomic E-state index is 0.182. The van der Waals surface area contributed by atoms with Crippen LogP contribution in [0.5, 0.6) is 5.75 Å². The number of nitrogens with zero attached hydrogens (tertiary/aromatic N) is 5. The molecule has 5 rings (SSSR count). The number of para-hydroxylation sites is 1. The highest BCUT2D eigenvalue weighted by Gasteiger charge is 2.45. The Bertz CT molecular complexity index is 984.